The Labute approximate surface area is 90.5 Å². The number of allylic oxidation sites excluding steroid dienone is 3. The van der Waals surface area contributed by atoms with Gasteiger partial charge in [-0.1, -0.05) is 18.7 Å². The lowest BCUT2D eigenvalue weighted by atomic mass is 10.1. The van der Waals surface area contributed by atoms with Gasteiger partial charge >= 0.3 is 12.1 Å². The summed E-state index contributed by atoms with van der Waals surface area (Å²) in [6.45, 7) is 4.24. The van der Waals surface area contributed by atoms with Crippen LogP contribution in [0.2, 0.25) is 0 Å². The Morgan fingerprint density at radius 1 is 1.44 bits per heavy atom. The third-order valence-corrected chi connectivity index (χ3v) is 1.71. The summed E-state index contributed by atoms with van der Waals surface area (Å²) in [5, 5.41) is 9.33. The molecular formula is C10H11F3O3. The van der Waals surface area contributed by atoms with E-state index in [2.05, 4.69) is 11.3 Å². The van der Waals surface area contributed by atoms with Crippen LogP contribution in [0.1, 0.15) is 6.92 Å². The second kappa shape index (κ2) is 5.39. The van der Waals surface area contributed by atoms with Crippen molar-refractivity contribution in [2.45, 2.75) is 13.1 Å². The van der Waals surface area contributed by atoms with E-state index in [1.165, 1.54) is 6.92 Å². The van der Waals surface area contributed by atoms with E-state index < -0.39 is 29.1 Å². The number of alkyl halides is 3. The highest BCUT2D eigenvalue weighted by atomic mass is 19.4. The summed E-state index contributed by atoms with van der Waals surface area (Å²) >= 11 is 0. The molecule has 0 aliphatic rings. The van der Waals surface area contributed by atoms with Gasteiger partial charge in [0.15, 0.2) is 0 Å². The second-order valence-corrected chi connectivity index (χ2v) is 2.66. The van der Waals surface area contributed by atoms with E-state index in [1.54, 1.807) is 0 Å². The predicted molar refractivity (Wildman–Crippen MR) is 51.7 cm³/mol. The molecule has 0 aromatic rings. The van der Waals surface area contributed by atoms with E-state index in [0.717, 1.165) is 13.2 Å². The molecule has 0 fully saturated rings. The molecule has 0 saturated heterocycles. The molecule has 6 heteroatoms. The molecule has 3 nitrogen and oxygen atoms in total. The highest BCUT2D eigenvalue weighted by Crippen LogP contribution is 2.30. The number of rotatable bonds is 3. The highest BCUT2D eigenvalue weighted by molar-refractivity contribution is 5.92. The summed E-state index contributed by atoms with van der Waals surface area (Å²) in [7, 11) is 1.00. The zero-order chi connectivity index (χ0) is 12.9. The fourth-order valence-corrected chi connectivity index (χ4v) is 0.953. The van der Waals surface area contributed by atoms with E-state index in [0.29, 0.717) is 6.08 Å². The van der Waals surface area contributed by atoms with E-state index in [4.69, 9.17) is 0 Å². The minimum Gasteiger partial charge on any atom is -0.506 e. The van der Waals surface area contributed by atoms with Gasteiger partial charge in [0.2, 0.25) is 0 Å². The molecule has 0 aliphatic carbocycles. The molecule has 0 atom stereocenters. The van der Waals surface area contributed by atoms with E-state index >= 15 is 0 Å². The minimum atomic E-state index is -4.78. The number of ether oxygens (including phenoxy) is 1. The van der Waals surface area contributed by atoms with Gasteiger partial charge in [-0.05, 0) is 6.92 Å². The van der Waals surface area contributed by atoms with Gasteiger partial charge in [0.05, 0.1) is 18.3 Å². The largest absolute Gasteiger partial charge is 0.506 e. The molecule has 1 N–H and O–H groups in total. The number of carbonyl (C=O) groups is 1. The number of aliphatic hydroxyl groups excluding tert-OH is 1. The van der Waals surface area contributed by atoms with Crippen molar-refractivity contribution in [1.82, 2.24) is 0 Å². The van der Waals surface area contributed by atoms with Gasteiger partial charge in [-0.3, -0.25) is 0 Å². The average molecular weight is 236 g/mol. The summed E-state index contributed by atoms with van der Waals surface area (Å²) in [4.78, 5) is 11.0. The molecule has 0 aromatic carbocycles. The van der Waals surface area contributed by atoms with Gasteiger partial charge in [0.1, 0.15) is 5.76 Å². The minimum absolute atomic E-state index is 0.432. The Bertz CT molecular complexity index is 351. The van der Waals surface area contributed by atoms with Crippen LogP contribution in [0.5, 0.6) is 0 Å². The number of carbonyl (C=O) groups excluding carboxylic acids is 1. The van der Waals surface area contributed by atoms with Gasteiger partial charge in [0, 0.05) is 0 Å². The zero-order valence-electron chi connectivity index (χ0n) is 8.76. The lowest BCUT2D eigenvalue weighted by Crippen LogP contribution is -2.16. The highest BCUT2D eigenvalue weighted by Gasteiger charge is 2.36. The fourth-order valence-electron chi connectivity index (χ4n) is 0.953. The van der Waals surface area contributed by atoms with E-state index in [1.807, 2.05) is 0 Å². The summed E-state index contributed by atoms with van der Waals surface area (Å²) in [6.07, 6.45) is -3.33. The standard InChI is InChI=1S/C10H11F3O3/c1-4-6(9(15)16-3)8(14)7(5-2)10(11,12)13/h4-5,14H,2H2,1,3H3/b6-4+,8-7-. The first-order chi connectivity index (χ1) is 7.29. The van der Waals surface area contributed by atoms with Crippen LogP contribution in [0, 0.1) is 0 Å². The Hall–Kier alpha value is -1.72. The normalized spacial score (nSPS) is 14.2. The molecule has 0 aliphatic heterocycles. The number of halogens is 3. The summed E-state index contributed by atoms with van der Waals surface area (Å²) in [5.41, 5.74) is -1.94. The maximum atomic E-state index is 12.4. The van der Waals surface area contributed by atoms with Crippen molar-refractivity contribution in [3.63, 3.8) is 0 Å². The molecule has 0 radical (unpaired) electrons. The first-order valence-corrected chi connectivity index (χ1v) is 4.17. The summed E-state index contributed by atoms with van der Waals surface area (Å²) < 4.78 is 41.3. The van der Waals surface area contributed by atoms with Crippen LogP contribution in [0.15, 0.2) is 35.6 Å². The van der Waals surface area contributed by atoms with Gasteiger partial charge in [-0.2, -0.15) is 13.2 Å². The molecule has 0 aromatic heterocycles. The van der Waals surface area contributed by atoms with E-state index in [9.17, 15) is 23.1 Å². The van der Waals surface area contributed by atoms with Crippen LogP contribution in [0.4, 0.5) is 13.2 Å². The van der Waals surface area contributed by atoms with Crippen molar-refractivity contribution in [1.29, 1.82) is 0 Å². The maximum absolute atomic E-state index is 12.4. The van der Waals surface area contributed by atoms with Crippen molar-refractivity contribution in [2.75, 3.05) is 7.11 Å². The van der Waals surface area contributed by atoms with Crippen molar-refractivity contribution < 1.29 is 27.8 Å². The molecule has 0 amide bonds. The number of hydrogen-bond acceptors (Lipinski definition) is 3. The molecule has 0 unspecified atom stereocenters. The zero-order valence-corrected chi connectivity index (χ0v) is 8.76. The molecule has 0 saturated carbocycles. The summed E-state index contributed by atoms with van der Waals surface area (Å²) in [6, 6.07) is 0. The first kappa shape index (κ1) is 14.3. The van der Waals surface area contributed by atoms with Crippen LogP contribution >= 0.6 is 0 Å². The van der Waals surface area contributed by atoms with Crippen molar-refractivity contribution in [3.05, 3.63) is 35.6 Å². The maximum Gasteiger partial charge on any atom is 0.419 e. The molecule has 0 spiro atoms. The third-order valence-electron chi connectivity index (χ3n) is 1.71. The SMILES string of the molecule is C=C/C(=C(O)\C(=C/C)C(=O)OC)C(F)(F)F. The molecule has 16 heavy (non-hydrogen) atoms. The monoisotopic (exact) mass is 236 g/mol. The van der Waals surface area contributed by atoms with Crippen LogP contribution in [0.25, 0.3) is 0 Å². The van der Waals surface area contributed by atoms with Gasteiger partial charge < -0.3 is 9.84 Å². The molecule has 0 bridgehead atoms. The number of aliphatic hydroxyl groups is 1. The van der Waals surface area contributed by atoms with Crippen molar-refractivity contribution in [2.24, 2.45) is 0 Å². The van der Waals surface area contributed by atoms with Gasteiger partial charge in [-0.25, -0.2) is 4.79 Å². The van der Waals surface area contributed by atoms with Gasteiger partial charge in [0.25, 0.3) is 0 Å². The fraction of sp³-hybridized carbons (Fsp3) is 0.300. The van der Waals surface area contributed by atoms with Crippen molar-refractivity contribution >= 4 is 5.97 Å². The predicted octanol–water partition coefficient (Wildman–Crippen LogP) is 2.67. The van der Waals surface area contributed by atoms with Gasteiger partial charge in [-0.15, -0.1) is 0 Å². The average Bonchev–Trinajstić information content (AvgIpc) is 2.17. The lowest BCUT2D eigenvalue weighted by molar-refractivity contribution is -0.136. The van der Waals surface area contributed by atoms with Crippen LogP contribution in [-0.4, -0.2) is 24.4 Å². The van der Waals surface area contributed by atoms with Crippen LogP contribution in [-0.2, 0) is 9.53 Å². The molecular weight excluding hydrogens is 225 g/mol. The summed E-state index contributed by atoms with van der Waals surface area (Å²) in [5.74, 6) is -2.25. The number of hydrogen-bond donors (Lipinski definition) is 1. The van der Waals surface area contributed by atoms with E-state index in [-0.39, 0.29) is 0 Å². The Morgan fingerprint density at radius 3 is 2.19 bits per heavy atom. The Kier molecular flexibility index (Phi) is 4.81. The second-order valence-electron chi connectivity index (χ2n) is 2.66. The number of methoxy groups -OCH3 is 1. The van der Waals surface area contributed by atoms with Crippen LogP contribution < -0.4 is 0 Å². The topological polar surface area (TPSA) is 46.5 Å². The molecule has 0 rings (SSSR count). The Balaban J connectivity index is 5.59. The molecule has 0 heterocycles. The third kappa shape index (κ3) is 3.15. The first-order valence-electron chi connectivity index (χ1n) is 4.17. The van der Waals surface area contributed by atoms with Crippen molar-refractivity contribution in [3.8, 4) is 0 Å². The van der Waals surface area contributed by atoms with Crippen LogP contribution in [0.3, 0.4) is 0 Å². The quantitative estimate of drug-likeness (QED) is 0.354. The Morgan fingerprint density at radius 2 is 1.94 bits per heavy atom. The molecule has 90 valence electrons. The lowest BCUT2D eigenvalue weighted by Gasteiger charge is -2.11. The number of esters is 1. The smallest absolute Gasteiger partial charge is 0.419 e.